The number of nitrogens with one attached hydrogen (secondary N) is 1. The number of benzene rings is 1. The van der Waals surface area contributed by atoms with E-state index in [4.69, 9.17) is 17.3 Å². The van der Waals surface area contributed by atoms with Crippen molar-refractivity contribution in [3.8, 4) is 0 Å². The van der Waals surface area contributed by atoms with Gasteiger partial charge in [0.15, 0.2) is 0 Å². The molecule has 3 N–H and O–H groups in total. The van der Waals surface area contributed by atoms with Crippen LogP contribution in [0.2, 0.25) is 5.02 Å². The first kappa shape index (κ1) is 17.7. The Morgan fingerprint density at radius 2 is 2.12 bits per heavy atom. The summed E-state index contributed by atoms with van der Waals surface area (Å²) < 4.78 is 0. The molecule has 130 valence electrons. The van der Waals surface area contributed by atoms with Crippen LogP contribution in [-0.4, -0.2) is 11.8 Å². The third-order valence-electron chi connectivity index (χ3n) is 4.31. The van der Waals surface area contributed by atoms with Crippen molar-refractivity contribution >= 4 is 45.8 Å². The molecule has 1 heterocycles. The molecule has 0 saturated heterocycles. The Morgan fingerprint density at radius 3 is 2.84 bits per heavy atom. The van der Waals surface area contributed by atoms with Gasteiger partial charge in [-0.2, -0.15) is 0 Å². The van der Waals surface area contributed by atoms with Gasteiger partial charge in [0.25, 0.3) is 5.91 Å². The number of rotatable bonds is 4. The number of nitrogens with two attached hydrogens (primary N) is 1. The molecule has 1 aromatic carbocycles. The highest BCUT2D eigenvalue weighted by atomic mass is 35.5. The molecular weight excluding hydrogens is 356 g/mol. The highest BCUT2D eigenvalue weighted by molar-refractivity contribution is 7.17. The summed E-state index contributed by atoms with van der Waals surface area (Å²) in [6.07, 6.45) is 5.84. The van der Waals surface area contributed by atoms with E-state index in [9.17, 15) is 9.59 Å². The molecule has 25 heavy (non-hydrogen) atoms. The minimum atomic E-state index is -0.488. The van der Waals surface area contributed by atoms with Crippen LogP contribution in [0.5, 0.6) is 0 Å². The number of hydrogen-bond donors (Lipinski definition) is 2. The average Bonchev–Trinajstić information content (AvgIpc) is 2.91. The summed E-state index contributed by atoms with van der Waals surface area (Å²) in [4.78, 5) is 25.3. The zero-order valence-corrected chi connectivity index (χ0v) is 15.4. The molecule has 0 radical (unpaired) electrons. The fourth-order valence-corrected chi connectivity index (χ4v) is 4.65. The molecular formula is C19H19ClN2O2S. The van der Waals surface area contributed by atoms with Crippen LogP contribution in [0.1, 0.15) is 39.7 Å². The normalized spacial score (nSPS) is 16.6. The molecule has 0 aliphatic heterocycles. The minimum absolute atomic E-state index is 0.311. The molecule has 1 aromatic heterocycles. The van der Waals surface area contributed by atoms with Crippen LogP contribution >= 0.6 is 22.9 Å². The standard InChI is InChI=1S/C19H19ClN2O2S/c1-11-6-8-13-15(10-11)25-19(17(13)18(21)24)22-16(23)9-7-12-4-2-3-5-14(12)20/h2-5,7,9,11H,6,8,10H2,1H3,(H2,21,24)(H,22,23)/b9-7+. The lowest BCUT2D eigenvalue weighted by atomic mass is 9.88. The molecule has 6 heteroatoms. The lowest BCUT2D eigenvalue weighted by molar-refractivity contribution is -0.111. The van der Waals surface area contributed by atoms with E-state index in [1.54, 1.807) is 12.1 Å². The van der Waals surface area contributed by atoms with Gasteiger partial charge >= 0.3 is 0 Å². The Hall–Kier alpha value is -2.11. The first-order chi connectivity index (χ1) is 12.0. The van der Waals surface area contributed by atoms with Gasteiger partial charge in [0.2, 0.25) is 5.91 Å². The predicted octanol–water partition coefficient (Wildman–Crippen LogP) is 4.28. The molecule has 3 rings (SSSR count). The summed E-state index contributed by atoms with van der Waals surface area (Å²) in [5.41, 5.74) is 7.78. The molecule has 2 aromatic rings. The number of carbonyl (C=O) groups is 2. The van der Waals surface area contributed by atoms with E-state index in [1.165, 1.54) is 17.4 Å². The van der Waals surface area contributed by atoms with Crippen molar-refractivity contribution in [2.24, 2.45) is 11.7 Å². The van der Waals surface area contributed by atoms with Gasteiger partial charge in [-0.25, -0.2) is 0 Å². The van der Waals surface area contributed by atoms with Gasteiger partial charge in [-0.15, -0.1) is 11.3 Å². The molecule has 0 fully saturated rings. The van der Waals surface area contributed by atoms with Crippen molar-refractivity contribution < 1.29 is 9.59 Å². The number of anilines is 1. The van der Waals surface area contributed by atoms with Crippen molar-refractivity contribution in [1.82, 2.24) is 0 Å². The second-order valence-corrected chi connectivity index (χ2v) is 7.78. The maximum Gasteiger partial charge on any atom is 0.251 e. The van der Waals surface area contributed by atoms with Crippen LogP contribution in [0, 0.1) is 5.92 Å². The highest BCUT2D eigenvalue weighted by Crippen LogP contribution is 2.39. The first-order valence-corrected chi connectivity index (χ1v) is 9.33. The van der Waals surface area contributed by atoms with E-state index in [0.29, 0.717) is 21.5 Å². The van der Waals surface area contributed by atoms with Crippen molar-refractivity contribution in [2.75, 3.05) is 5.32 Å². The Morgan fingerprint density at radius 1 is 1.36 bits per heavy atom. The second kappa shape index (κ2) is 7.42. The average molecular weight is 375 g/mol. The fraction of sp³-hybridized carbons (Fsp3) is 0.263. The van der Waals surface area contributed by atoms with Gasteiger partial charge in [0.05, 0.1) is 5.56 Å². The van der Waals surface area contributed by atoms with E-state index in [0.717, 1.165) is 35.3 Å². The smallest absolute Gasteiger partial charge is 0.251 e. The quantitative estimate of drug-likeness (QED) is 0.784. The molecule has 1 unspecified atom stereocenters. The zero-order chi connectivity index (χ0) is 18.0. The summed E-state index contributed by atoms with van der Waals surface area (Å²) in [7, 11) is 0. The Labute approximate surface area is 155 Å². The summed E-state index contributed by atoms with van der Waals surface area (Å²) in [6, 6.07) is 7.27. The lowest BCUT2D eigenvalue weighted by Gasteiger charge is -2.18. The maximum atomic E-state index is 12.3. The minimum Gasteiger partial charge on any atom is -0.365 e. The van der Waals surface area contributed by atoms with E-state index in [-0.39, 0.29) is 5.91 Å². The molecule has 1 aliphatic carbocycles. The van der Waals surface area contributed by atoms with E-state index >= 15 is 0 Å². The predicted molar refractivity (Wildman–Crippen MR) is 103 cm³/mol. The maximum absolute atomic E-state index is 12.3. The van der Waals surface area contributed by atoms with Crippen LogP contribution in [0.25, 0.3) is 6.08 Å². The van der Waals surface area contributed by atoms with Gasteiger partial charge in [-0.1, -0.05) is 36.7 Å². The second-order valence-electron chi connectivity index (χ2n) is 6.26. The van der Waals surface area contributed by atoms with Gasteiger partial charge < -0.3 is 11.1 Å². The topological polar surface area (TPSA) is 72.2 Å². The van der Waals surface area contributed by atoms with Crippen LogP contribution in [0.15, 0.2) is 30.3 Å². The van der Waals surface area contributed by atoms with Gasteiger partial charge in [-0.3, -0.25) is 9.59 Å². The van der Waals surface area contributed by atoms with Crippen LogP contribution in [0.3, 0.4) is 0 Å². The zero-order valence-electron chi connectivity index (χ0n) is 13.8. The number of carbonyl (C=O) groups excluding carboxylic acids is 2. The van der Waals surface area contributed by atoms with Crippen LogP contribution in [-0.2, 0) is 17.6 Å². The molecule has 0 saturated carbocycles. The van der Waals surface area contributed by atoms with Gasteiger partial charge in [-0.05, 0) is 48.4 Å². The SMILES string of the molecule is CC1CCc2c(sc(NC(=O)/C=C/c3ccccc3Cl)c2C(N)=O)C1. The van der Waals surface area contributed by atoms with Crippen molar-refractivity contribution in [3.63, 3.8) is 0 Å². The molecule has 4 nitrogen and oxygen atoms in total. The number of hydrogen-bond acceptors (Lipinski definition) is 3. The van der Waals surface area contributed by atoms with Crippen LogP contribution < -0.4 is 11.1 Å². The summed E-state index contributed by atoms with van der Waals surface area (Å²) in [6.45, 7) is 2.19. The number of fused-ring (bicyclic) bond motifs is 1. The molecule has 0 bridgehead atoms. The number of primary amides is 1. The summed E-state index contributed by atoms with van der Waals surface area (Å²) in [5.74, 6) is -0.220. The fourth-order valence-electron chi connectivity index (χ4n) is 3.03. The van der Waals surface area contributed by atoms with Gasteiger partial charge in [0.1, 0.15) is 5.00 Å². The first-order valence-electron chi connectivity index (χ1n) is 8.13. The van der Waals surface area contributed by atoms with E-state index in [1.807, 2.05) is 18.2 Å². The van der Waals surface area contributed by atoms with E-state index < -0.39 is 5.91 Å². The van der Waals surface area contributed by atoms with Crippen molar-refractivity contribution in [1.29, 1.82) is 0 Å². The third-order valence-corrected chi connectivity index (χ3v) is 5.83. The summed E-state index contributed by atoms with van der Waals surface area (Å²) in [5, 5.41) is 3.92. The monoisotopic (exact) mass is 374 g/mol. The number of amides is 2. The Bertz CT molecular complexity index is 857. The van der Waals surface area contributed by atoms with Gasteiger partial charge in [0, 0.05) is 16.0 Å². The molecule has 0 spiro atoms. The largest absolute Gasteiger partial charge is 0.365 e. The molecule has 2 amide bonds. The molecule has 1 aliphatic rings. The Kier molecular flexibility index (Phi) is 5.25. The Balaban J connectivity index is 1.82. The molecule has 1 atom stereocenters. The van der Waals surface area contributed by atoms with Crippen molar-refractivity contribution in [3.05, 3.63) is 56.9 Å². The lowest BCUT2D eigenvalue weighted by Crippen LogP contribution is -2.18. The number of thiophene rings is 1. The highest BCUT2D eigenvalue weighted by Gasteiger charge is 2.26. The van der Waals surface area contributed by atoms with Crippen LogP contribution in [0.4, 0.5) is 5.00 Å². The summed E-state index contributed by atoms with van der Waals surface area (Å²) >= 11 is 7.53. The third kappa shape index (κ3) is 3.94. The van der Waals surface area contributed by atoms with Crippen molar-refractivity contribution in [2.45, 2.75) is 26.2 Å². The number of halogens is 1. The van der Waals surface area contributed by atoms with E-state index in [2.05, 4.69) is 12.2 Å².